The van der Waals surface area contributed by atoms with Crippen molar-refractivity contribution in [2.75, 3.05) is 13.1 Å². The van der Waals surface area contributed by atoms with Gasteiger partial charge in [0.1, 0.15) is 0 Å². The first-order chi connectivity index (χ1) is 9.58. The molecule has 2 heterocycles. The van der Waals surface area contributed by atoms with Gasteiger partial charge in [-0.25, -0.2) is 0 Å². The number of aromatic amines is 1. The van der Waals surface area contributed by atoms with E-state index < -0.39 is 0 Å². The Morgan fingerprint density at radius 1 is 1.60 bits per heavy atom. The summed E-state index contributed by atoms with van der Waals surface area (Å²) in [5.41, 5.74) is 0.827. The van der Waals surface area contributed by atoms with Crippen LogP contribution >= 0.6 is 0 Å². The van der Waals surface area contributed by atoms with Crippen LogP contribution in [0.15, 0.2) is 6.20 Å². The molecule has 0 bridgehead atoms. The number of aromatic nitrogens is 3. The molecule has 7 nitrogen and oxygen atoms in total. The number of hydrogen-bond donors (Lipinski definition) is 2. The topological polar surface area (TPSA) is 91.0 Å². The summed E-state index contributed by atoms with van der Waals surface area (Å²) in [5.74, 6) is 0.0608. The highest BCUT2D eigenvalue weighted by atomic mass is 16.2. The third-order valence-corrected chi connectivity index (χ3v) is 3.58. The van der Waals surface area contributed by atoms with E-state index in [1.165, 1.54) is 0 Å². The molecule has 1 fully saturated rings. The minimum absolute atomic E-state index is 0.0200. The lowest BCUT2D eigenvalue weighted by Crippen LogP contribution is -2.48. The second kappa shape index (κ2) is 6.49. The highest BCUT2D eigenvalue weighted by molar-refractivity contribution is 5.83. The van der Waals surface area contributed by atoms with Crippen molar-refractivity contribution >= 4 is 11.8 Å². The van der Waals surface area contributed by atoms with E-state index in [4.69, 9.17) is 0 Å². The van der Waals surface area contributed by atoms with E-state index in [2.05, 4.69) is 20.7 Å². The van der Waals surface area contributed by atoms with Crippen LogP contribution in [0, 0.1) is 5.92 Å². The molecule has 0 radical (unpaired) electrons. The highest BCUT2D eigenvalue weighted by Crippen LogP contribution is 2.19. The van der Waals surface area contributed by atoms with Crippen LogP contribution in [0.1, 0.15) is 32.4 Å². The van der Waals surface area contributed by atoms with Crippen molar-refractivity contribution in [1.82, 2.24) is 25.6 Å². The Bertz CT molecular complexity index is 457. The van der Waals surface area contributed by atoms with E-state index >= 15 is 0 Å². The summed E-state index contributed by atoms with van der Waals surface area (Å²) in [6, 6.07) is 0.147. The van der Waals surface area contributed by atoms with Gasteiger partial charge in [0.2, 0.25) is 11.8 Å². The molecule has 2 N–H and O–H groups in total. The molecule has 20 heavy (non-hydrogen) atoms. The van der Waals surface area contributed by atoms with E-state index in [1.54, 1.807) is 11.1 Å². The zero-order valence-corrected chi connectivity index (χ0v) is 11.9. The minimum atomic E-state index is -0.104. The van der Waals surface area contributed by atoms with E-state index in [0.717, 1.165) is 5.69 Å². The molecular formula is C13H21N5O2. The van der Waals surface area contributed by atoms with Crippen molar-refractivity contribution in [3.05, 3.63) is 11.9 Å². The first kappa shape index (κ1) is 14.5. The molecule has 1 aromatic heterocycles. The summed E-state index contributed by atoms with van der Waals surface area (Å²) in [6.45, 7) is 5.01. The number of H-pyrrole nitrogens is 1. The Hall–Kier alpha value is -1.92. The fraction of sp³-hybridized carbons (Fsp3) is 0.692. The smallest absolute Gasteiger partial charge is 0.224 e. The number of hydrogen-bond acceptors (Lipinski definition) is 4. The highest BCUT2D eigenvalue weighted by Gasteiger charge is 2.31. The summed E-state index contributed by atoms with van der Waals surface area (Å²) < 4.78 is 0. The number of likely N-dealkylation sites (tertiary alicyclic amines) is 1. The zero-order chi connectivity index (χ0) is 14.5. The van der Waals surface area contributed by atoms with Crippen molar-refractivity contribution in [2.45, 2.75) is 39.2 Å². The summed E-state index contributed by atoms with van der Waals surface area (Å²) >= 11 is 0. The zero-order valence-electron chi connectivity index (χ0n) is 11.9. The number of piperidine rings is 1. The van der Waals surface area contributed by atoms with E-state index in [9.17, 15) is 9.59 Å². The quantitative estimate of drug-likeness (QED) is 0.800. The molecule has 110 valence electrons. The lowest BCUT2D eigenvalue weighted by molar-refractivity contribution is -0.139. The van der Waals surface area contributed by atoms with Crippen molar-refractivity contribution in [2.24, 2.45) is 5.92 Å². The van der Waals surface area contributed by atoms with Crippen LogP contribution < -0.4 is 5.32 Å². The SMILES string of the molecule is CC(C)N1C[C@@H](C(=O)NCCc2cn[nH]n2)CCC1=O. The van der Waals surface area contributed by atoms with Gasteiger partial charge in [-0.05, 0) is 20.3 Å². The Morgan fingerprint density at radius 3 is 3.05 bits per heavy atom. The molecule has 2 amide bonds. The number of carbonyl (C=O) groups excluding carboxylic acids is 2. The number of nitrogens with zero attached hydrogens (tertiary/aromatic N) is 3. The van der Waals surface area contributed by atoms with E-state index in [-0.39, 0.29) is 23.8 Å². The normalized spacial score (nSPS) is 19.4. The van der Waals surface area contributed by atoms with Crippen molar-refractivity contribution in [3.8, 4) is 0 Å². The standard InChI is InChI=1S/C13H21N5O2/c1-9(2)18-8-10(3-4-12(18)19)13(20)14-6-5-11-7-15-17-16-11/h7,9-10H,3-6,8H2,1-2H3,(H,14,20)(H,15,16,17)/t10-/m0/s1. The van der Waals surface area contributed by atoms with Crippen molar-refractivity contribution in [1.29, 1.82) is 0 Å². The number of amides is 2. The van der Waals surface area contributed by atoms with Gasteiger partial charge in [-0.15, -0.1) is 0 Å². The lowest BCUT2D eigenvalue weighted by atomic mass is 9.95. The van der Waals surface area contributed by atoms with Crippen LogP contribution in [0.3, 0.4) is 0 Å². The predicted octanol–water partition coefficient (Wildman–Crippen LogP) is 0.110. The maximum Gasteiger partial charge on any atom is 0.224 e. The average molecular weight is 279 g/mol. The van der Waals surface area contributed by atoms with Crippen molar-refractivity contribution < 1.29 is 9.59 Å². The number of carbonyl (C=O) groups is 2. The molecule has 1 aliphatic rings. The maximum atomic E-state index is 12.1. The number of nitrogens with one attached hydrogen (secondary N) is 2. The molecule has 0 aliphatic carbocycles. The Kier molecular flexibility index (Phi) is 4.70. The monoisotopic (exact) mass is 279 g/mol. The van der Waals surface area contributed by atoms with Crippen LogP contribution in [0.2, 0.25) is 0 Å². The molecule has 1 saturated heterocycles. The van der Waals surface area contributed by atoms with Crippen LogP contribution in [-0.2, 0) is 16.0 Å². The van der Waals surface area contributed by atoms with Gasteiger partial charge in [0.15, 0.2) is 0 Å². The first-order valence-electron chi connectivity index (χ1n) is 6.99. The van der Waals surface area contributed by atoms with E-state index in [0.29, 0.717) is 32.4 Å². The summed E-state index contributed by atoms with van der Waals surface area (Å²) in [5, 5.41) is 13.1. The first-order valence-corrected chi connectivity index (χ1v) is 6.99. The minimum Gasteiger partial charge on any atom is -0.355 e. The van der Waals surface area contributed by atoms with Crippen LogP contribution in [0.25, 0.3) is 0 Å². The molecule has 2 rings (SSSR count). The maximum absolute atomic E-state index is 12.1. The summed E-state index contributed by atoms with van der Waals surface area (Å²) in [6.07, 6.45) is 3.39. The lowest BCUT2D eigenvalue weighted by Gasteiger charge is -2.34. The molecule has 1 aromatic rings. The number of rotatable bonds is 5. The van der Waals surface area contributed by atoms with Gasteiger partial charge in [-0.2, -0.15) is 15.4 Å². The molecule has 0 aromatic carbocycles. The third kappa shape index (κ3) is 3.55. The summed E-state index contributed by atoms with van der Waals surface area (Å²) in [4.78, 5) is 25.6. The molecule has 0 spiro atoms. The molecule has 1 aliphatic heterocycles. The van der Waals surface area contributed by atoms with Gasteiger partial charge < -0.3 is 10.2 Å². The molecular weight excluding hydrogens is 258 g/mol. The average Bonchev–Trinajstić information content (AvgIpc) is 2.92. The third-order valence-electron chi connectivity index (χ3n) is 3.58. The molecule has 1 atom stereocenters. The second-order valence-electron chi connectivity index (χ2n) is 5.38. The molecule has 0 saturated carbocycles. The molecule has 0 unspecified atom stereocenters. The van der Waals surface area contributed by atoms with Gasteiger partial charge in [-0.3, -0.25) is 9.59 Å². The van der Waals surface area contributed by atoms with Gasteiger partial charge in [0.05, 0.1) is 17.8 Å². The Balaban J connectivity index is 1.79. The van der Waals surface area contributed by atoms with Crippen LogP contribution in [0.5, 0.6) is 0 Å². The van der Waals surface area contributed by atoms with Crippen LogP contribution in [0.4, 0.5) is 0 Å². The Labute approximate surface area is 118 Å². The summed E-state index contributed by atoms with van der Waals surface area (Å²) in [7, 11) is 0. The molecule has 7 heteroatoms. The fourth-order valence-electron chi connectivity index (χ4n) is 2.39. The van der Waals surface area contributed by atoms with Gasteiger partial charge in [0, 0.05) is 32.0 Å². The second-order valence-corrected chi connectivity index (χ2v) is 5.38. The van der Waals surface area contributed by atoms with E-state index in [1.807, 2.05) is 13.8 Å². The fourth-order valence-corrected chi connectivity index (χ4v) is 2.39. The van der Waals surface area contributed by atoms with Gasteiger partial charge in [0.25, 0.3) is 0 Å². The predicted molar refractivity (Wildman–Crippen MR) is 72.7 cm³/mol. The van der Waals surface area contributed by atoms with Crippen molar-refractivity contribution in [3.63, 3.8) is 0 Å². The van der Waals surface area contributed by atoms with Gasteiger partial charge in [-0.1, -0.05) is 0 Å². The van der Waals surface area contributed by atoms with Gasteiger partial charge >= 0.3 is 0 Å². The van der Waals surface area contributed by atoms with Crippen LogP contribution in [-0.4, -0.2) is 51.3 Å². The largest absolute Gasteiger partial charge is 0.355 e. The Morgan fingerprint density at radius 2 is 2.40 bits per heavy atom.